The average molecular weight is 511 g/mol. The van der Waals surface area contributed by atoms with Gasteiger partial charge in [0, 0.05) is 23.0 Å². The van der Waals surface area contributed by atoms with Gasteiger partial charge in [-0.1, -0.05) is 23.7 Å². The van der Waals surface area contributed by atoms with Crippen molar-refractivity contribution in [1.82, 2.24) is 10.2 Å². The van der Waals surface area contributed by atoms with Gasteiger partial charge in [-0.3, -0.25) is 29.4 Å². The predicted molar refractivity (Wildman–Crippen MR) is 127 cm³/mol. The Hall–Kier alpha value is -3.63. The Morgan fingerprint density at radius 2 is 1.94 bits per heavy atom. The molecule has 4 atom stereocenters. The van der Waals surface area contributed by atoms with Crippen LogP contribution in [-0.4, -0.2) is 41.4 Å². The lowest BCUT2D eigenvalue weighted by Crippen LogP contribution is -2.53. The fourth-order valence-electron chi connectivity index (χ4n) is 5.97. The van der Waals surface area contributed by atoms with Crippen molar-refractivity contribution < 1.29 is 28.7 Å². The second-order valence-corrected chi connectivity index (χ2v) is 9.97. The molecular weight excluding hydrogens is 488 g/mol. The van der Waals surface area contributed by atoms with Gasteiger partial charge in [0.25, 0.3) is 0 Å². The van der Waals surface area contributed by atoms with Crippen LogP contribution >= 0.6 is 11.6 Å². The Kier molecular flexibility index (Phi) is 5.03. The van der Waals surface area contributed by atoms with Crippen molar-refractivity contribution in [3.8, 4) is 11.5 Å². The number of nitrogens with zero attached hydrogens (tertiary/aromatic N) is 1. The molecule has 4 heterocycles. The largest absolute Gasteiger partial charge is 0.454 e. The van der Waals surface area contributed by atoms with Gasteiger partial charge in [-0.15, -0.1) is 0 Å². The summed E-state index contributed by atoms with van der Waals surface area (Å²) in [6, 6.07) is 8.02. The van der Waals surface area contributed by atoms with Crippen molar-refractivity contribution in [2.24, 2.45) is 17.6 Å². The monoisotopic (exact) mass is 510 g/mol. The smallest absolute Gasteiger partial charge is 0.250 e. The molecule has 2 saturated heterocycles. The molecule has 186 valence electrons. The van der Waals surface area contributed by atoms with Crippen LogP contribution in [0, 0.1) is 18.8 Å². The molecule has 0 radical (unpaired) electrons. The van der Waals surface area contributed by atoms with Gasteiger partial charge in [0.05, 0.1) is 24.1 Å². The van der Waals surface area contributed by atoms with Crippen LogP contribution in [0.15, 0.2) is 30.3 Å². The van der Waals surface area contributed by atoms with Crippen molar-refractivity contribution in [3.05, 3.63) is 52.0 Å². The van der Waals surface area contributed by atoms with E-state index in [1.807, 2.05) is 0 Å². The lowest BCUT2D eigenvalue weighted by molar-refractivity contribution is -0.143. The number of nitrogens with one attached hydrogen (secondary N) is 2. The molecule has 4 aliphatic heterocycles. The van der Waals surface area contributed by atoms with Crippen molar-refractivity contribution in [3.63, 3.8) is 0 Å². The number of likely N-dealkylation sites (tertiary alicyclic amines) is 1. The highest BCUT2D eigenvalue weighted by molar-refractivity contribution is 6.32. The molecule has 4 aliphatic rings. The van der Waals surface area contributed by atoms with Gasteiger partial charge in [-0.2, -0.15) is 0 Å². The van der Waals surface area contributed by atoms with Gasteiger partial charge in [0.1, 0.15) is 5.54 Å². The molecule has 4 unspecified atom stereocenters. The van der Waals surface area contributed by atoms with E-state index in [1.54, 1.807) is 37.3 Å². The van der Waals surface area contributed by atoms with Gasteiger partial charge in [0.15, 0.2) is 11.5 Å². The van der Waals surface area contributed by atoms with E-state index in [4.69, 9.17) is 26.8 Å². The molecule has 0 aromatic heterocycles. The first-order valence-electron chi connectivity index (χ1n) is 11.6. The van der Waals surface area contributed by atoms with Crippen LogP contribution in [0.4, 0.5) is 5.69 Å². The number of amides is 4. The summed E-state index contributed by atoms with van der Waals surface area (Å²) in [6.07, 6.45) is 0.221. The second-order valence-electron chi connectivity index (χ2n) is 9.57. The quantitative estimate of drug-likeness (QED) is 0.518. The van der Waals surface area contributed by atoms with E-state index in [-0.39, 0.29) is 26.2 Å². The number of ether oxygens (including phenoxy) is 2. The predicted octanol–water partition coefficient (Wildman–Crippen LogP) is 1.56. The number of nitrogens with two attached hydrogens (primary N) is 1. The first-order chi connectivity index (χ1) is 17.2. The van der Waals surface area contributed by atoms with E-state index in [1.165, 1.54) is 4.90 Å². The maximum Gasteiger partial charge on any atom is 0.250 e. The molecule has 0 aliphatic carbocycles. The molecule has 0 saturated carbocycles. The highest BCUT2D eigenvalue weighted by Gasteiger charge is 2.70. The summed E-state index contributed by atoms with van der Waals surface area (Å²) >= 11 is 6.29. The Bertz CT molecular complexity index is 1360. The number of anilines is 1. The third-order valence-electron chi connectivity index (χ3n) is 7.66. The first kappa shape index (κ1) is 22.8. The van der Waals surface area contributed by atoms with Crippen molar-refractivity contribution in [2.45, 2.75) is 37.9 Å². The molecular formula is C25H23ClN4O6. The molecule has 36 heavy (non-hydrogen) atoms. The van der Waals surface area contributed by atoms with Crippen LogP contribution in [0.1, 0.15) is 29.5 Å². The summed E-state index contributed by atoms with van der Waals surface area (Å²) in [5.41, 5.74) is 6.38. The minimum atomic E-state index is -1.46. The number of primary amides is 1. The fourth-order valence-corrected chi connectivity index (χ4v) is 6.13. The molecule has 0 bridgehead atoms. The SMILES string of the molecule is Cc1c(Cl)ccc2c1NC(=O)C21NC(CCC(N)=O)C2C(=O)N(Cc3ccc4c(c3)OCO4)C(=O)C21. The number of carbonyl (C=O) groups is 4. The standard InChI is InChI=1S/C25H23ClN4O6/c1-11-14(26)4-3-13-21(11)28-24(34)25(13)20-19(15(29-25)5-7-18(27)31)22(32)30(23(20)33)9-12-2-6-16-17(8-12)36-10-35-16/h2-4,6,8,15,19-20,29H,5,7,9-10H2,1H3,(H2,27,31)(H,28,34). The van der Waals surface area contributed by atoms with Crippen molar-refractivity contribution >= 4 is 40.9 Å². The van der Waals surface area contributed by atoms with Gasteiger partial charge in [-0.25, -0.2) is 0 Å². The lowest BCUT2D eigenvalue weighted by Gasteiger charge is -2.29. The number of imide groups is 1. The maximum atomic E-state index is 13.9. The normalized spacial score (nSPS) is 27.6. The average Bonchev–Trinajstić information content (AvgIpc) is 3.57. The molecule has 6 rings (SSSR count). The zero-order valence-electron chi connectivity index (χ0n) is 19.3. The van der Waals surface area contributed by atoms with Gasteiger partial charge in [0.2, 0.25) is 30.4 Å². The molecule has 2 aromatic carbocycles. The topological polar surface area (TPSA) is 140 Å². The number of benzene rings is 2. The zero-order valence-corrected chi connectivity index (χ0v) is 20.1. The van der Waals surface area contributed by atoms with E-state index in [9.17, 15) is 19.2 Å². The number of hydrogen-bond donors (Lipinski definition) is 3. The summed E-state index contributed by atoms with van der Waals surface area (Å²) in [7, 11) is 0. The number of halogens is 1. The summed E-state index contributed by atoms with van der Waals surface area (Å²) in [5, 5.41) is 6.64. The maximum absolute atomic E-state index is 13.9. The third-order valence-corrected chi connectivity index (χ3v) is 8.06. The van der Waals surface area contributed by atoms with Gasteiger partial charge < -0.3 is 20.5 Å². The van der Waals surface area contributed by atoms with Crippen LogP contribution < -0.4 is 25.8 Å². The van der Waals surface area contributed by atoms with E-state index < -0.39 is 47.0 Å². The Labute approximate surface area is 211 Å². The molecule has 11 heteroatoms. The van der Waals surface area contributed by atoms with Crippen molar-refractivity contribution in [1.29, 1.82) is 0 Å². The molecule has 4 N–H and O–H groups in total. The van der Waals surface area contributed by atoms with Crippen LogP contribution in [0.5, 0.6) is 11.5 Å². The zero-order chi connectivity index (χ0) is 25.4. The van der Waals surface area contributed by atoms with E-state index >= 15 is 0 Å². The number of hydrogen-bond acceptors (Lipinski definition) is 7. The van der Waals surface area contributed by atoms with E-state index in [0.29, 0.717) is 38.9 Å². The minimum Gasteiger partial charge on any atom is -0.454 e. The fraction of sp³-hybridized carbons (Fsp3) is 0.360. The second kappa shape index (κ2) is 7.94. The Morgan fingerprint density at radius 1 is 1.17 bits per heavy atom. The highest BCUT2D eigenvalue weighted by atomic mass is 35.5. The number of rotatable bonds is 5. The van der Waals surface area contributed by atoms with E-state index in [0.717, 1.165) is 0 Å². The van der Waals surface area contributed by atoms with Gasteiger partial charge in [-0.05, 0) is 42.7 Å². The van der Waals surface area contributed by atoms with Crippen LogP contribution in [0.25, 0.3) is 0 Å². The Morgan fingerprint density at radius 3 is 2.72 bits per heavy atom. The summed E-state index contributed by atoms with van der Waals surface area (Å²) in [5.74, 6) is -2.48. The summed E-state index contributed by atoms with van der Waals surface area (Å²) in [4.78, 5) is 53.9. The first-order valence-corrected chi connectivity index (χ1v) is 12.0. The highest BCUT2D eigenvalue weighted by Crippen LogP contribution is 2.54. The molecule has 1 spiro atoms. The number of carbonyl (C=O) groups excluding carboxylic acids is 4. The minimum absolute atomic E-state index is 0.00865. The van der Waals surface area contributed by atoms with Gasteiger partial charge >= 0.3 is 0 Å². The lowest BCUT2D eigenvalue weighted by atomic mass is 9.76. The molecule has 2 fully saturated rings. The third kappa shape index (κ3) is 3.07. The summed E-state index contributed by atoms with van der Waals surface area (Å²) in [6.45, 7) is 1.91. The molecule has 10 nitrogen and oxygen atoms in total. The molecule has 4 amide bonds. The summed E-state index contributed by atoms with van der Waals surface area (Å²) < 4.78 is 10.8. The van der Waals surface area contributed by atoms with Crippen LogP contribution in [0.3, 0.4) is 0 Å². The number of fused-ring (bicyclic) bond motifs is 5. The van der Waals surface area contributed by atoms with Crippen LogP contribution in [0.2, 0.25) is 5.02 Å². The molecule has 2 aromatic rings. The van der Waals surface area contributed by atoms with Crippen LogP contribution in [-0.2, 0) is 31.3 Å². The Balaban J connectivity index is 1.41. The van der Waals surface area contributed by atoms with Crippen molar-refractivity contribution in [2.75, 3.05) is 12.1 Å². The van der Waals surface area contributed by atoms with E-state index in [2.05, 4.69) is 10.6 Å².